The number of carbonyl (C=O) groups is 2. The lowest BCUT2D eigenvalue weighted by Gasteiger charge is -2.34. The van der Waals surface area contributed by atoms with Crippen LogP contribution in [0.25, 0.3) is 11.1 Å². The van der Waals surface area contributed by atoms with Crippen molar-refractivity contribution >= 4 is 23.6 Å². The number of thioether (sulfide) groups is 1. The Hall–Kier alpha value is -2.35. The molecule has 1 aliphatic rings. The van der Waals surface area contributed by atoms with Gasteiger partial charge in [-0.3, -0.25) is 4.79 Å². The number of aliphatic carboxylic acids is 1. The maximum atomic E-state index is 13.5. The first-order valence-electron chi connectivity index (χ1n) is 13.3. The SMILES string of the molecule is COCC(C)NC(c1ccc(C(=O)N[C@@H](CCSC)C(=O)O)c(-c2ccccc2C)c1)C1CCCCC1. The maximum absolute atomic E-state index is 13.5. The second kappa shape index (κ2) is 14.6. The molecular formula is C30H42N2O4S. The first-order chi connectivity index (χ1) is 17.8. The third-order valence-corrected chi connectivity index (χ3v) is 7.94. The van der Waals surface area contributed by atoms with Crippen molar-refractivity contribution in [3.05, 3.63) is 59.2 Å². The van der Waals surface area contributed by atoms with Crippen molar-refractivity contribution in [2.24, 2.45) is 5.92 Å². The molecule has 1 saturated carbocycles. The molecule has 0 aromatic heterocycles. The molecule has 0 radical (unpaired) electrons. The van der Waals surface area contributed by atoms with E-state index in [2.05, 4.69) is 23.6 Å². The van der Waals surface area contributed by atoms with Gasteiger partial charge in [0.15, 0.2) is 0 Å². The molecule has 1 aliphatic carbocycles. The van der Waals surface area contributed by atoms with E-state index in [4.69, 9.17) is 4.74 Å². The number of hydrogen-bond acceptors (Lipinski definition) is 5. The number of carboxylic acid groups (broad SMARTS) is 1. The molecule has 0 aliphatic heterocycles. The predicted molar refractivity (Wildman–Crippen MR) is 152 cm³/mol. The summed E-state index contributed by atoms with van der Waals surface area (Å²) in [6.07, 6.45) is 8.42. The summed E-state index contributed by atoms with van der Waals surface area (Å²) in [7, 11) is 1.72. The quantitative estimate of drug-likeness (QED) is 0.304. The monoisotopic (exact) mass is 526 g/mol. The number of amides is 1. The van der Waals surface area contributed by atoms with Crippen molar-refractivity contribution in [2.45, 2.75) is 70.5 Å². The van der Waals surface area contributed by atoms with Crippen molar-refractivity contribution in [2.75, 3.05) is 25.7 Å². The number of carbonyl (C=O) groups excluding carboxylic acids is 1. The van der Waals surface area contributed by atoms with E-state index in [1.54, 1.807) is 18.9 Å². The van der Waals surface area contributed by atoms with Crippen LogP contribution in [-0.2, 0) is 9.53 Å². The van der Waals surface area contributed by atoms with E-state index >= 15 is 0 Å². The Kier molecular flexibility index (Phi) is 11.5. The van der Waals surface area contributed by atoms with E-state index in [1.807, 2.05) is 49.6 Å². The molecule has 0 heterocycles. The number of carboxylic acids is 1. The first-order valence-corrected chi connectivity index (χ1v) is 14.7. The van der Waals surface area contributed by atoms with Gasteiger partial charge in [0.2, 0.25) is 0 Å². The second-order valence-electron chi connectivity index (χ2n) is 10.2. The minimum Gasteiger partial charge on any atom is -0.480 e. The third kappa shape index (κ3) is 8.06. The average Bonchev–Trinajstić information content (AvgIpc) is 2.90. The van der Waals surface area contributed by atoms with Crippen LogP contribution in [0.1, 0.15) is 73.0 Å². The summed E-state index contributed by atoms with van der Waals surface area (Å²) in [5, 5.41) is 16.3. The fourth-order valence-electron chi connectivity index (χ4n) is 5.36. The lowest BCUT2D eigenvalue weighted by atomic mass is 9.79. The summed E-state index contributed by atoms with van der Waals surface area (Å²) < 4.78 is 5.41. The first kappa shape index (κ1) is 29.2. The van der Waals surface area contributed by atoms with Crippen molar-refractivity contribution in [3.63, 3.8) is 0 Å². The highest BCUT2D eigenvalue weighted by Crippen LogP contribution is 2.37. The van der Waals surface area contributed by atoms with Crippen LogP contribution >= 0.6 is 11.8 Å². The molecule has 3 rings (SSSR count). The van der Waals surface area contributed by atoms with Crippen LogP contribution in [0.15, 0.2) is 42.5 Å². The summed E-state index contributed by atoms with van der Waals surface area (Å²) in [6.45, 7) is 4.81. The van der Waals surface area contributed by atoms with Crippen LogP contribution in [0.2, 0.25) is 0 Å². The number of benzene rings is 2. The molecule has 2 aromatic rings. The number of rotatable bonds is 13. The summed E-state index contributed by atoms with van der Waals surface area (Å²) in [6, 6.07) is 13.5. The molecule has 7 heteroatoms. The zero-order chi connectivity index (χ0) is 26.8. The third-order valence-electron chi connectivity index (χ3n) is 7.30. The van der Waals surface area contributed by atoms with Gasteiger partial charge in [-0.15, -0.1) is 0 Å². The molecule has 37 heavy (non-hydrogen) atoms. The van der Waals surface area contributed by atoms with Gasteiger partial charge in [-0.25, -0.2) is 4.79 Å². The van der Waals surface area contributed by atoms with Gasteiger partial charge in [0.05, 0.1) is 6.61 Å². The summed E-state index contributed by atoms with van der Waals surface area (Å²) in [5.74, 6) is -0.186. The van der Waals surface area contributed by atoms with Gasteiger partial charge < -0.3 is 20.5 Å². The van der Waals surface area contributed by atoms with Crippen LogP contribution in [-0.4, -0.2) is 54.8 Å². The van der Waals surface area contributed by atoms with Gasteiger partial charge in [-0.1, -0.05) is 49.6 Å². The van der Waals surface area contributed by atoms with E-state index in [0.717, 1.165) is 22.3 Å². The molecule has 1 amide bonds. The normalized spacial score (nSPS) is 16.6. The van der Waals surface area contributed by atoms with Crippen LogP contribution < -0.4 is 10.6 Å². The summed E-state index contributed by atoms with van der Waals surface area (Å²) in [5.41, 5.74) is 4.55. The molecule has 1 fully saturated rings. The van der Waals surface area contributed by atoms with Gasteiger partial charge in [0.25, 0.3) is 5.91 Å². The molecule has 2 aromatic carbocycles. The zero-order valence-corrected chi connectivity index (χ0v) is 23.4. The Balaban J connectivity index is 2.03. The smallest absolute Gasteiger partial charge is 0.326 e. The number of aryl methyl sites for hydroxylation is 1. The number of methoxy groups -OCH3 is 1. The number of ether oxygens (including phenoxy) is 1. The fraction of sp³-hybridized carbons (Fsp3) is 0.533. The highest BCUT2D eigenvalue weighted by atomic mass is 32.2. The average molecular weight is 527 g/mol. The molecule has 2 unspecified atom stereocenters. The predicted octanol–water partition coefficient (Wildman–Crippen LogP) is 5.84. The standard InChI is InChI=1S/C30H42N2O4S/c1-20-10-8-9-13-24(20)26-18-23(28(31-21(2)19-36-3)22-11-6-5-7-12-22)14-15-25(26)29(33)32-27(30(34)35)16-17-37-4/h8-10,13-15,18,21-22,27-28,31H,5-7,11-12,16-17,19H2,1-4H3,(H,32,33)(H,34,35)/t21?,27-,28?/m0/s1. The summed E-state index contributed by atoms with van der Waals surface area (Å²) >= 11 is 1.57. The molecular weight excluding hydrogens is 484 g/mol. The highest BCUT2D eigenvalue weighted by molar-refractivity contribution is 7.98. The van der Waals surface area contributed by atoms with Crippen LogP contribution in [0.5, 0.6) is 0 Å². The molecule has 6 nitrogen and oxygen atoms in total. The Morgan fingerprint density at radius 3 is 2.49 bits per heavy atom. The lowest BCUT2D eigenvalue weighted by molar-refractivity contribution is -0.139. The van der Waals surface area contributed by atoms with Gasteiger partial charge in [-0.05, 0) is 85.4 Å². The molecule has 0 saturated heterocycles. The Bertz CT molecular complexity index is 1040. The maximum Gasteiger partial charge on any atom is 0.326 e. The number of nitrogens with one attached hydrogen (secondary N) is 2. The highest BCUT2D eigenvalue weighted by Gasteiger charge is 2.28. The summed E-state index contributed by atoms with van der Waals surface area (Å²) in [4.78, 5) is 25.3. The van der Waals surface area contributed by atoms with E-state index in [-0.39, 0.29) is 18.0 Å². The zero-order valence-electron chi connectivity index (χ0n) is 22.6. The van der Waals surface area contributed by atoms with E-state index in [0.29, 0.717) is 30.3 Å². The van der Waals surface area contributed by atoms with Crippen molar-refractivity contribution in [1.82, 2.24) is 10.6 Å². The largest absolute Gasteiger partial charge is 0.480 e. The minimum absolute atomic E-state index is 0.152. The topological polar surface area (TPSA) is 87.7 Å². The Morgan fingerprint density at radius 1 is 1.11 bits per heavy atom. The number of hydrogen-bond donors (Lipinski definition) is 3. The molecule has 202 valence electrons. The Labute approximate surface area is 226 Å². The van der Waals surface area contributed by atoms with Gasteiger partial charge >= 0.3 is 5.97 Å². The fourth-order valence-corrected chi connectivity index (χ4v) is 5.83. The van der Waals surface area contributed by atoms with E-state index in [9.17, 15) is 14.7 Å². The van der Waals surface area contributed by atoms with Crippen LogP contribution in [0.3, 0.4) is 0 Å². The van der Waals surface area contributed by atoms with Gasteiger partial charge in [0.1, 0.15) is 6.04 Å². The second-order valence-corrected chi connectivity index (χ2v) is 11.2. The van der Waals surface area contributed by atoms with E-state index in [1.165, 1.54) is 32.1 Å². The van der Waals surface area contributed by atoms with Gasteiger partial charge in [-0.2, -0.15) is 11.8 Å². The Morgan fingerprint density at radius 2 is 1.84 bits per heavy atom. The van der Waals surface area contributed by atoms with Crippen molar-refractivity contribution in [1.29, 1.82) is 0 Å². The van der Waals surface area contributed by atoms with Crippen molar-refractivity contribution in [3.8, 4) is 11.1 Å². The molecule has 3 atom stereocenters. The van der Waals surface area contributed by atoms with E-state index < -0.39 is 12.0 Å². The van der Waals surface area contributed by atoms with Crippen LogP contribution in [0.4, 0.5) is 0 Å². The molecule has 3 N–H and O–H groups in total. The van der Waals surface area contributed by atoms with Gasteiger partial charge in [0, 0.05) is 24.8 Å². The van der Waals surface area contributed by atoms with Crippen LogP contribution in [0, 0.1) is 12.8 Å². The molecule has 0 spiro atoms. The molecule has 0 bridgehead atoms. The lowest BCUT2D eigenvalue weighted by Crippen LogP contribution is -2.41. The van der Waals surface area contributed by atoms with Crippen molar-refractivity contribution < 1.29 is 19.4 Å². The minimum atomic E-state index is -1.01.